The highest BCUT2D eigenvalue weighted by atomic mass is 32.2. The molecule has 6 nitrogen and oxygen atoms in total. The number of benzene rings is 1. The van der Waals surface area contributed by atoms with E-state index in [1.165, 1.54) is 11.3 Å². The van der Waals surface area contributed by atoms with Crippen LogP contribution >= 0.6 is 23.1 Å². The monoisotopic (exact) mass is 330 g/mol. The van der Waals surface area contributed by atoms with Crippen molar-refractivity contribution in [2.24, 2.45) is 0 Å². The molecule has 0 atom stereocenters. The Morgan fingerprint density at radius 1 is 1.18 bits per heavy atom. The molecule has 3 rings (SSSR count). The predicted molar refractivity (Wildman–Crippen MR) is 82.1 cm³/mol. The minimum absolute atomic E-state index is 0.0419. The number of ketones is 2. The molecule has 1 N–H and O–H groups in total. The average molecular weight is 330 g/mol. The van der Waals surface area contributed by atoms with Crippen molar-refractivity contribution in [2.45, 2.75) is 16.2 Å². The Hall–Kier alpha value is -2.32. The molecule has 110 valence electrons. The number of nitrogens with zero attached hydrogens (tertiary/aromatic N) is 3. The molecule has 8 heteroatoms. The molecule has 0 bridgehead atoms. The Labute approximate surface area is 134 Å². The molecular formula is C14H10N4O2S2. The van der Waals surface area contributed by atoms with Crippen molar-refractivity contribution < 1.29 is 9.59 Å². The number of hydrogen-bond acceptors (Lipinski definition) is 7. The summed E-state index contributed by atoms with van der Waals surface area (Å²) in [6.45, 7) is 0. The van der Waals surface area contributed by atoms with Gasteiger partial charge in [0.05, 0.1) is 6.42 Å². The van der Waals surface area contributed by atoms with Crippen LogP contribution in [-0.2, 0) is 11.2 Å². The third-order valence-electron chi connectivity index (χ3n) is 2.80. The highest BCUT2D eigenvalue weighted by Gasteiger charge is 2.22. The maximum atomic E-state index is 12.0. The summed E-state index contributed by atoms with van der Waals surface area (Å²) in [5, 5.41) is 14.4. The molecule has 22 heavy (non-hydrogen) atoms. The van der Waals surface area contributed by atoms with Crippen LogP contribution in [0.1, 0.15) is 15.5 Å². The number of nitrogens with one attached hydrogen (secondary N) is 1. The molecule has 0 fully saturated rings. The first-order valence-corrected chi connectivity index (χ1v) is 8.04. The second-order valence-corrected chi connectivity index (χ2v) is 6.40. The number of hydrogen-bond donors (Lipinski definition) is 1. The molecule has 0 aliphatic carbocycles. The van der Waals surface area contributed by atoms with Crippen molar-refractivity contribution in [3.8, 4) is 0 Å². The molecule has 0 radical (unpaired) electrons. The van der Waals surface area contributed by atoms with Crippen molar-refractivity contribution in [1.82, 2.24) is 20.6 Å². The standard InChI is InChI=1S/C14H10N4O2S2/c19-10(13(20)14-15-17-18-16-14)8-12-11(6-7-21-12)22-9-4-2-1-3-5-9/h1-7H,8H2,(H,15,16,17,18). The van der Waals surface area contributed by atoms with Crippen molar-refractivity contribution in [2.75, 3.05) is 0 Å². The summed E-state index contributed by atoms with van der Waals surface area (Å²) in [6, 6.07) is 11.8. The average Bonchev–Trinajstić information content (AvgIpc) is 3.20. The maximum Gasteiger partial charge on any atom is 0.269 e. The number of H-pyrrole nitrogens is 1. The Balaban J connectivity index is 1.72. The van der Waals surface area contributed by atoms with Gasteiger partial charge in [0.15, 0.2) is 0 Å². The normalized spacial score (nSPS) is 10.5. The van der Waals surface area contributed by atoms with Crippen LogP contribution < -0.4 is 0 Å². The van der Waals surface area contributed by atoms with Gasteiger partial charge in [-0.3, -0.25) is 9.59 Å². The third kappa shape index (κ3) is 3.29. The molecular weight excluding hydrogens is 320 g/mol. The number of aromatic amines is 1. The van der Waals surface area contributed by atoms with Gasteiger partial charge in [0, 0.05) is 14.7 Å². The highest BCUT2D eigenvalue weighted by molar-refractivity contribution is 7.99. The van der Waals surface area contributed by atoms with Crippen LogP contribution in [0.25, 0.3) is 0 Å². The van der Waals surface area contributed by atoms with Gasteiger partial charge >= 0.3 is 0 Å². The van der Waals surface area contributed by atoms with Crippen molar-refractivity contribution in [3.05, 3.63) is 52.5 Å². The maximum absolute atomic E-state index is 12.0. The smallest absolute Gasteiger partial charge is 0.269 e. The highest BCUT2D eigenvalue weighted by Crippen LogP contribution is 2.33. The van der Waals surface area contributed by atoms with E-state index in [1.807, 2.05) is 41.8 Å². The predicted octanol–water partition coefficient (Wildman–Crippen LogP) is 2.41. The topological polar surface area (TPSA) is 88.6 Å². The molecule has 3 aromatic rings. The van der Waals surface area contributed by atoms with Gasteiger partial charge < -0.3 is 0 Å². The Kier molecular flexibility index (Phi) is 4.40. The lowest BCUT2D eigenvalue weighted by atomic mass is 10.1. The largest absolute Gasteiger partial charge is 0.290 e. The summed E-state index contributed by atoms with van der Waals surface area (Å²) in [5.74, 6) is -1.46. The van der Waals surface area contributed by atoms with E-state index >= 15 is 0 Å². The molecule has 0 saturated heterocycles. The van der Waals surface area contributed by atoms with E-state index in [2.05, 4.69) is 20.6 Å². The van der Waals surface area contributed by atoms with Gasteiger partial charge in [0.2, 0.25) is 11.6 Å². The van der Waals surface area contributed by atoms with Crippen LogP contribution in [0.15, 0.2) is 51.6 Å². The van der Waals surface area contributed by atoms with E-state index in [1.54, 1.807) is 11.8 Å². The number of thiophene rings is 1. The van der Waals surface area contributed by atoms with Crippen molar-refractivity contribution in [3.63, 3.8) is 0 Å². The number of carbonyl (C=O) groups is 2. The van der Waals surface area contributed by atoms with Gasteiger partial charge in [0.25, 0.3) is 5.78 Å². The Bertz CT molecular complexity index is 784. The summed E-state index contributed by atoms with van der Waals surface area (Å²) in [6.07, 6.45) is 0.0419. The Morgan fingerprint density at radius 2 is 2.00 bits per heavy atom. The number of carbonyl (C=O) groups excluding carboxylic acids is 2. The molecule has 2 heterocycles. The summed E-state index contributed by atoms with van der Waals surface area (Å²) < 4.78 is 0. The fourth-order valence-electron chi connectivity index (χ4n) is 1.77. The van der Waals surface area contributed by atoms with E-state index in [-0.39, 0.29) is 12.2 Å². The molecule has 0 unspecified atom stereocenters. The van der Waals surface area contributed by atoms with Gasteiger partial charge in [-0.05, 0) is 28.8 Å². The molecule has 0 aliphatic heterocycles. The summed E-state index contributed by atoms with van der Waals surface area (Å²) >= 11 is 3.02. The van der Waals surface area contributed by atoms with Crippen molar-refractivity contribution in [1.29, 1.82) is 0 Å². The molecule has 2 aromatic heterocycles. The molecule has 0 aliphatic rings. The van der Waals surface area contributed by atoms with Crippen LogP contribution in [0.2, 0.25) is 0 Å². The summed E-state index contributed by atoms with van der Waals surface area (Å²) in [4.78, 5) is 26.8. The van der Waals surface area contributed by atoms with Crippen LogP contribution in [0.4, 0.5) is 0 Å². The van der Waals surface area contributed by atoms with Gasteiger partial charge in [-0.1, -0.05) is 30.0 Å². The SMILES string of the molecule is O=C(Cc1sccc1Sc1ccccc1)C(=O)c1nn[nH]n1. The van der Waals surface area contributed by atoms with E-state index in [9.17, 15) is 9.59 Å². The van der Waals surface area contributed by atoms with Gasteiger partial charge in [-0.25, -0.2) is 0 Å². The minimum Gasteiger partial charge on any atom is -0.290 e. The molecule has 0 saturated carbocycles. The first-order valence-electron chi connectivity index (χ1n) is 6.34. The molecule has 1 aromatic carbocycles. The molecule has 0 spiro atoms. The van der Waals surface area contributed by atoms with Crippen LogP contribution in [-0.4, -0.2) is 32.2 Å². The second-order valence-electron chi connectivity index (χ2n) is 4.29. The van der Waals surface area contributed by atoms with E-state index in [4.69, 9.17) is 0 Å². The lowest BCUT2D eigenvalue weighted by molar-refractivity contribution is -0.114. The van der Waals surface area contributed by atoms with E-state index in [0.717, 1.165) is 14.7 Å². The first-order chi connectivity index (χ1) is 10.7. The fourth-order valence-corrected chi connectivity index (χ4v) is 3.76. The van der Waals surface area contributed by atoms with Gasteiger partial charge in [0.1, 0.15) is 0 Å². The van der Waals surface area contributed by atoms with Crippen LogP contribution in [0.3, 0.4) is 0 Å². The zero-order valence-electron chi connectivity index (χ0n) is 11.2. The minimum atomic E-state index is -0.724. The zero-order chi connectivity index (χ0) is 15.4. The fraction of sp³-hybridized carbons (Fsp3) is 0.0714. The number of tetrazole rings is 1. The third-order valence-corrected chi connectivity index (χ3v) is 4.96. The quantitative estimate of drug-likeness (QED) is 0.551. The van der Waals surface area contributed by atoms with E-state index in [0.29, 0.717) is 0 Å². The number of Topliss-reactive ketones (excluding diaryl/α,β-unsaturated/α-hetero) is 2. The molecule has 0 amide bonds. The van der Waals surface area contributed by atoms with Crippen LogP contribution in [0.5, 0.6) is 0 Å². The number of aromatic nitrogens is 4. The van der Waals surface area contributed by atoms with Gasteiger partial charge in [-0.2, -0.15) is 5.21 Å². The van der Waals surface area contributed by atoms with Crippen LogP contribution in [0, 0.1) is 0 Å². The van der Waals surface area contributed by atoms with Gasteiger partial charge in [-0.15, -0.1) is 21.5 Å². The van der Waals surface area contributed by atoms with E-state index < -0.39 is 11.6 Å². The first kappa shape index (κ1) is 14.6. The Morgan fingerprint density at radius 3 is 2.73 bits per heavy atom. The van der Waals surface area contributed by atoms with Crippen molar-refractivity contribution >= 4 is 34.7 Å². The lowest BCUT2D eigenvalue weighted by Crippen LogP contribution is -2.18. The zero-order valence-corrected chi connectivity index (χ0v) is 12.9. The lowest BCUT2D eigenvalue weighted by Gasteiger charge is -2.02. The second kappa shape index (κ2) is 6.63. The summed E-state index contributed by atoms with van der Waals surface area (Å²) in [7, 11) is 0. The summed E-state index contributed by atoms with van der Waals surface area (Å²) in [5.41, 5.74) is 0. The number of rotatable bonds is 6.